The molecule has 0 aromatic heterocycles. The Morgan fingerprint density at radius 1 is 1.30 bits per heavy atom. The molecule has 1 saturated heterocycles. The lowest BCUT2D eigenvalue weighted by Crippen LogP contribution is -2.40. The fourth-order valence-corrected chi connectivity index (χ4v) is 3.87. The quantitative estimate of drug-likeness (QED) is 0.632. The summed E-state index contributed by atoms with van der Waals surface area (Å²) in [5.74, 6) is 1.94. The third-order valence-electron chi connectivity index (χ3n) is 5.00. The zero-order chi connectivity index (χ0) is 14.0. The molecule has 0 amide bonds. The van der Waals surface area contributed by atoms with Crippen LogP contribution in [0.5, 0.6) is 0 Å². The van der Waals surface area contributed by atoms with Crippen LogP contribution < -0.4 is 5.32 Å². The Morgan fingerprint density at radius 2 is 2.00 bits per heavy atom. The summed E-state index contributed by atoms with van der Waals surface area (Å²) in [6.45, 7) is 5.69. The van der Waals surface area contributed by atoms with Gasteiger partial charge in [0.1, 0.15) is 5.76 Å². The Bertz CT molecular complexity index is 456. The topological polar surface area (TPSA) is 38.3 Å². The van der Waals surface area contributed by atoms with Gasteiger partial charge in [0.2, 0.25) is 0 Å². The van der Waals surface area contributed by atoms with Crippen LogP contribution in [0.2, 0.25) is 0 Å². The van der Waals surface area contributed by atoms with Gasteiger partial charge in [0.05, 0.1) is 0 Å². The summed E-state index contributed by atoms with van der Waals surface area (Å²) >= 11 is 0. The minimum absolute atomic E-state index is 0.216. The summed E-state index contributed by atoms with van der Waals surface area (Å²) in [6.07, 6.45) is 13.6. The SMILES string of the molecule is C=CC(=O)OC1=CC=CC(C2CCNCC2)(C2CC2)C1. The highest BCUT2D eigenvalue weighted by Gasteiger charge is 2.49. The molecule has 3 nitrogen and oxygen atoms in total. The van der Waals surface area contributed by atoms with E-state index in [4.69, 9.17) is 4.74 Å². The maximum atomic E-state index is 11.4. The maximum Gasteiger partial charge on any atom is 0.335 e. The first kappa shape index (κ1) is 13.6. The third-order valence-corrected chi connectivity index (χ3v) is 5.00. The number of esters is 1. The Hall–Kier alpha value is -1.35. The van der Waals surface area contributed by atoms with E-state index in [9.17, 15) is 4.79 Å². The van der Waals surface area contributed by atoms with E-state index in [2.05, 4.69) is 24.0 Å². The molecule has 0 aromatic carbocycles. The molecule has 2 aliphatic carbocycles. The highest BCUT2D eigenvalue weighted by Crippen LogP contribution is 2.57. The van der Waals surface area contributed by atoms with Gasteiger partial charge in [-0.05, 0) is 56.7 Å². The summed E-state index contributed by atoms with van der Waals surface area (Å²) in [5.41, 5.74) is 0.216. The lowest BCUT2D eigenvalue weighted by Gasteiger charge is -2.43. The number of nitrogens with one attached hydrogen (secondary N) is 1. The Labute approximate surface area is 120 Å². The average molecular weight is 273 g/mol. The lowest BCUT2D eigenvalue weighted by molar-refractivity contribution is -0.134. The van der Waals surface area contributed by atoms with Crippen molar-refractivity contribution in [2.24, 2.45) is 17.3 Å². The number of carbonyl (C=O) groups excluding carboxylic acids is 1. The van der Waals surface area contributed by atoms with Gasteiger partial charge in [0.15, 0.2) is 0 Å². The molecule has 1 heterocycles. The molecule has 1 aliphatic heterocycles. The van der Waals surface area contributed by atoms with Gasteiger partial charge in [-0.25, -0.2) is 4.79 Å². The zero-order valence-electron chi connectivity index (χ0n) is 11.9. The maximum absolute atomic E-state index is 11.4. The van der Waals surface area contributed by atoms with Gasteiger partial charge in [-0.2, -0.15) is 0 Å². The molecular formula is C17H23NO2. The molecule has 0 aromatic rings. The molecule has 3 heteroatoms. The van der Waals surface area contributed by atoms with Crippen molar-refractivity contribution in [3.63, 3.8) is 0 Å². The van der Waals surface area contributed by atoms with E-state index in [1.165, 1.54) is 31.8 Å². The summed E-state index contributed by atoms with van der Waals surface area (Å²) in [4.78, 5) is 11.4. The first-order valence-corrected chi connectivity index (χ1v) is 7.68. The number of rotatable bonds is 4. The first-order valence-electron chi connectivity index (χ1n) is 7.68. The summed E-state index contributed by atoms with van der Waals surface area (Å²) in [5, 5.41) is 3.45. The zero-order valence-corrected chi connectivity index (χ0v) is 11.9. The van der Waals surface area contributed by atoms with Gasteiger partial charge in [-0.1, -0.05) is 18.7 Å². The van der Waals surface area contributed by atoms with Crippen molar-refractivity contribution in [1.29, 1.82) is 0 Å². The van der Waals surface area contributed by atoms with Gasteiger partial charge >= 0.3 is 5.97 Å². The van der Waals surface area contributed by atoms with Gasteiger partial charge < -0.3 is 10.1 Å². The van der Waals surface area contributed by atoms with Crippen LogP contribution in [0, 0.1) is 17.3 Å². The molecule has 1 atom stereocenters. The van der Waals surface area contributed by atoms with E-state index >= 15 is 0 Å². The van der Waals surface area contributed by atoms with Crippen molar-refractivity contribution in [2.45, 2.75) is 32.1 Å². The van der Waals surface area contributed by atoms with E-state index < -0.39 is 0 Å². The van der Waals surface area contributed by atoms with Crippen molar-refractivity contribution < 1.29 is 9.53 Å². The van der Waals surface area contributed by atoms with Crippen LogP contribution in [0.1, 0.15) is 32.1 Å². The fourth-order valence-electron chi connectivity index (χ4n) is 3.87. The molecule has 2 fully saturated rings. The molecular weight excluding hydrogens is 250 g/mol. The van der Waals surface area contributed by atoms with E-state index in [0.29, 0.717) is 5.92 Å². The van der Waals surface area contributed by atoms with Gasteiger partial charge in [0.25, 0.3) is 0 Å². The molecule has 1 N–H and O–H groups in total. The average Bonchev–Trinajstić information content (AvgIpc) is 3.33. The third kappa shape index (κ3) is 2.59. The predicted octanol–water partition coefficient (Wildman–Crippen LogP) is 2.96. The van der Waals surface area contributed by atoms with Gasteiger partial charge in [-0.3, -0.25) is 0 Å². The molecule has 1 saturated carbocycles. The van der Waals surface area contributed by atoms with Crippen LogP contribution in [0.4, 0.5) is 0 Å². The molecule has 0 bridgehead atoms. The molecule has 0 spiro atoms. The number of hydrogen-bond acceptors (Lipinski definition) is 3. The minimum atomic E-state index is -0.346. The van der Waals surface area contributed by atoms with Crippen molar-refractivity contribution in [2.75, 3.05) is 13.1 Å². The second-order valence-electron chi connectivity index (χ2n) is 6.21. The molecule has 3 aliphatic rings. The lowest BCUT2D eigenvalue weighted by atomic mass is 9.64. The van der Waals surface area contributed by atoms with E-state index in [-0.39, 0.29) is 11.4 Å². The van der Waals surface area contributed by atoms with Crippen LogP contribution in [0.15, 0.2) is 36.6 Å². The summed E-state index contributed by atoms with van der Waals surface area (Å²) < 4.78 is 5.40. The van der Waals surface area contributed by atoms with Crippen molar-refractivity contribution >= 4 is 5.97 Å². The van der Waals surface area contributed by atoms with Crippen LogP contribution in [0.3, 0.4) is 0 Å². The number of piperidine rings is 1. The Kier molecular flexibility index (Phi) is 3.79. The first-order chi connectivity index (χ1) is 9.74. The van der Waals surface area contributed by atoms with Crippen molar-refractivity contribution in [3.8, 4) is 0 Å². The number of hydrogen-bond donors (Lipinski definition) is 1. The molecule has 0 radical (unpaired) electrons. The number of ether oxygens (including phenoxy) is 1. The molecule has 108 valence electrons. The Morgan fingerprint density at radius 3 is 2.65 bits per heavy atom. The fraction of sp³-hybridized carbons (Fsp3) is 0.588. The van der Waals surface area contributed by atoms with Crippen LogP contribution in [0.25, 0.3) is 0 Å². The second kappa shape index (κ2) is 5.57. The number of carbonyl (C=O) groups is 1. The van der Waals surface area contributed by atoms with Crippen molar-refractivity contribution in [1.82, 2.24) is 5.32 Å². The largest absolute Gasteiger partial charge is 0.428 e. The highest BCUT2D eigenvalue weighted by molar-refractivity contribution is 5.82. The van der Waals surface area contributed by atoms with Crippen LogP contribution in [-0.2, 0) is 9.53 Å². The van der Waals surface area contributed by atoms with Gasteiger partial charge in [-0.15, -0.1) is 0 Å². The summed E-state index contributed by atoms with van der Waals surface area (Å²) in [6, 6.07) is 0. The second-order valence-corrected chi connectivity index (χ2v) is 6.21. The van der Waals surface area contributed by atoms with Crippen molar-refractivity contribution in [3.05, 3.63) is 36.6 Å². The standard InChI is InChI=1S/C17H23NO2/c1-2-16(19)20-15-4-3-9-17(12-15,13-5-6-13)14-7-10-18-11-8-14/h2-4,9,13-14,18H,1,5-8,10-12H2. The van der Waals surface area contributed by atoms with Crippen LogP contribution in [-0.4, -0.2) is 19.1 Å². The van der Waals surface area contributed by atoms with Crippen LogP contribution >= 0.6 is 0 Å². The van der Waals surface area contributed by atoms with E-state index in [0.717, 1.165) is 31.2 Å². The minimum Gasteiger partial charge on any atom is -0.428 e. The summed E-state index contributed by atoms with van der Waals surface area (Å²) in [7, 11) is 0. The molecule has 3 rings (SSSR count). The van der Waals surface area contributed by atoms with Gasteiger partial charge in [0, 0.05) is 17.9 Å². The Balaban J connectivity index is 1.78. The molecule has 20 heavy (non-hydrogen) atoms. The monoisotopic (exact) mass is 273 g/mol. The van der Waals surface area contributed by atoms with E-state index in [1.54, 1.807) is 0 Å². The highest BCUT2D eigenvalue weighted by atomic mass is 16.5. The number of allylic oxidation sites excluding steroid dienone is 4. The normalized spacial score (nSPS) is 30.7. The predicted molar refractivity (Wildman–Crippen MR) is 78.9 cm³/mol. The van der Waals surface area contributed by atoms with E-state index in [1.807, 2.05) is 6.08 Å². The molecule has 1 unspecified atom stereocenters. The smallest absolute Gasteiger partial charge is 0.335 e.